The van der Waals surface area contributed by atoms with Gasteiger partial charge in [-0.3, -0.25) is 4.79 Å². The third-order valence-electron chi connectivity index (χ3n) is 3.03. The van der Waals surface area contributed by atoms with E-state index in [4.69, 9.17) is 5.73 Å². The van der Waals surface area contributed by atoms with E-state index in [1.165, 1.54) is 9.75 Å². The molecule has 0 spiro atoms. The quantitative estimate of drug-likeness (QED) is 0.880. The van der Waals surface area contributed by atoms with E-state index in [1.807, 2.05) is 26.1 Å². The molecule has 0 bridgehead atoms. The summed E-state index contributed by atoms with van der Waals surface area (Å²) in [5.41, 5.74) is 8.00. The molecule has 0 unspecified atom stereocenters. The van der Waals surface area contributed by atoms with Crippen LogP contribution >= 0.6 is 23.7 Å². The summed E-state index contributed by atoms with van der Waals surface area (Å²) in [4.78, 5) is 16.6. The highest BCUT2D eigenvalue weighted by atomic mass is 35.5. The number of hydrogen-bond donors (Lipinski definition) is 1. The Balaban J connectivity index is 0.00000200. The van der Waals surface area contributed by atoms with Crippen LogP contribution in [0.2, 0.25) is 0 Å². The SMILES string of the molecule is Cc1ccc(CN(C)C(=O)c2cc(N)ccc2C)s1.Cl. The Labute approximate surface area is 129 Å². The molecule has 1 aromatic heterocycles. The minimum Gasteiger partial charge on any atom is -0.399 e. The number of halogens is 1. The van der Waals surface area contributed by atoms with Crippen molar-refractivity contribution in [3.8, 4) is 0 Å². The third kappa shape index (κ3) is 3.74. The summed E-state index contributed by atoms with van der Waals surface area (Å²) >= 11 is 1.72. The minimum atomic E-state index is 0. The fourth-order valence-electron chi connectivity index (χ4n) is 1.95. The maximum absolute atomic E-state index is 12.4. The first-order valence-electron chi connectivity index (χ1n) is 6.14. The van der Waals surface area contributed by atoms with Gasteiger partial charge in [-0.05, 0) is 43.7 Å². The number of nitrogens with zero attached hydrogens (tertiary/aromatic N) is 1. The van der Waals surface area contributed by atoms with Gasteiger partial charge in [0.15, 0.2) is 0 Å². The van der Waals surface area contributed by atoms with E-state index < -0.39 is 0 Å². The average Bonchev–Trinajstić information content (AvgIpc) is 2.77. The Morgan fingerprint density at radius 1 is 1.25 bits per heavy atom. The van der Waals surface area contributed by atoms with E-state index in [0.717, 1.165) is 5.56 Å². The highest BCUT2D eigenvalue weighted by Gasteiger charge is 2.15. The van der Waals surface area contributed by atoms with Crippen LogP contribution in [-0.2, 0) is 6.54 Å². The van der Waals surface area contributed by atoms with Crippen molar-refractivity contribution in [3.63, 3.8) is 0 Å². The number of benzene rings is 1. The molecule has 2 rings (SSSR count). The number of nitrogen functional groups attached to an aromatic ring is 1. The molecule has 3 nitrogen and oxygen atoms in total. The van der Waals surface area contributed by atoms with Crippen LogP contribution in [0.25, 0.3) is 0 Å². The smallest absolute Gasteiger partial charge is 0.254 e. The van der Waals surface area contributed by atoms with Crippen LogP contribution < -0.4 is 5.73 Å². The lowest BCUT2D eigenvalue weighted by atomic mass is 10.1. The highest BCUT2D eigenvalue weighted by Crippen LogP contribution is 2.19. The van der Waals surface area contributed by atoms with Gasteiger partial charge in [0.1, 0.15) is 0 Å². The molecule has 20 heavy (non-hydrogen) atoms. The van der Waals surface area contributed by atoms with Gasteiger partial charge in [-0.25, -0.2) is 0 Å². The van der Waals surface area contributed by atoms with Gasteiger partial charge in [0.2, 0.25) is 0 Å². The molecule has 0 radical (unpaired) electrons. The zero-order valence-electron chi connectivity index (χ0n) is 11.8. The molecule has 0 aliphatic heterocycles. The first kappa shape index (κ1) is 16.5. The van der Waals surface area contributed by atoms with Crippen LogP contribution in [0.4, 0.5) is 5.69 Å². The molecule has 5 heteroatoms. The summed E-state index contributed by atoms with van der Waals surface area (Å²) in [6.45, 7) is 4.62. The van der Waals surface area contributed by atoms with E-state index in [2.05, 4.69) is 19.1 Å². The van der Waals surface area contributed by atoms with E-state index >= 15 is 0 Å². The Hall–Kier alpha value is -1.52. The van der Waals surface area contributed by atoms with Gasteiger partial charge < -0.3 is 10.6 Å². The van der Waals surface area contributed by atoms with Gasteiger partial charge in [-0.2, -0.15) is 0 Å². The summed E-state index contributed by atoms with van der Waals surface area (Å²) in [6, 6.07) is 9.58. The summed E-state index contributed by atoms with van der Waals surface area (Å²) in [5.74, 6) is 0.0100. The summed E-state index contributed by atoms with van der Waals surface area (Å²) in [6.07, 6.45) is 0. The number of anilines is 1. The monoisotopic (exact) mass is 310 g/mol. The predicted molar refractivity (Wildman–Crippen MR) is 87.7 cm³/mol. The van der Waals surface area contributed by atoms with E-state index in [0.29, 0.717) is 17.8 Å². The molecule has 2 N–H and O–H groups in total. The molecule has 0 aliphatic carbocycles. The Morgan fingerprint density at radius 3 is 2.55 bits per heavy atom. The van der Waals surface area contributed by atoms with Crippen molar-refractivity contribution in [2.75, 3.05) is 12.8 Å². The number of rotatable bonds is 3. The molecular formula is C15H19ClN2OS. The number of hydrogen-bond acceptors (Lipinski definition) is 3. The zero-order valence-corrected chi connectivity index (χ0v) is 13.5. The topological polar surface area (TPSA) is 46.3 Å². The number of nitrogens with two attached hydrogens (primary N) is 1. The molecule has 1 amide bonds. The molecule has 0 saturated heterocycles. The van der Waals surface area contributed by atoms with Crippen molar-refractivity contribution in [1.82, 2.24) is 4.90 Å². The maximum atomic E-state index is 12.4. The van der Waals surface area contributed by atoms with Gasteiger partial charge in [0.05, 0.1) is 6.54 Å². The summed E-state index contributed by atoms with van der Waals surface area (Å²) in [5, 5.41) is 0. The van der Waals surface area contributed by atoms with Crippen LogP contribution in [0.5, 0.6) is 0 Å². The molecule has 0 saturated carbocycles. The number of carbonyl (C=O) groups is 1. The van der Waals surface area contributed by atoms with Gasteiger partial charge in [0, 0.05) is 28.1 Å². The van der Waals surface area contributed by atoms with Crippen molar-refractivity contribution in [1.29, 1.82) is 0 Å². The van der Waals surface area contributed by atoms with Crippen LogP contribution in [0.1, 0.15) is 25.7 Å². The first-order chi connectivity index (χ1) is 8.97. The summed E-state index contributed by atoms with van der Waals surface area (Å²) < 4.78 is 0. The number of thiophene rings is 1. The van der Waals surface area contributed by atoms with Crippen molar-refractivity contribution >= 4 is 35.3 Å². The predicted octanol–water partition coefficient (Wildman–Crippen LogP) is 3.64. The van der Waals surface area contributed by atoms with Gasteiger partial charge >= 0.3 is 0 Å². The van der Waals surface area contributed by atoms with Crippen LogP contribution in [0.3, 0.4) is 0 Å². The second kappa shape index (κ2) is 6.77. The average molecular weight is 311 g/mol. The number of carbonyl (C=O) groups excluding carboxylic acids is 1. The fraction of sp³-hybridized carbons (Fsp3) is 0.267. The molecule has 1 heterocycles. The van der Waals surface area contributed by atoms with E-state index in [1.54, 1.807) is 22.3 Å². The Kier molecular flexibility index (Phi) is 5.60. The first-order valence-corrected chi connectivity index (χ1v) is 6.96. The number of aryl methyl sites for hydroxylation is 2. The zero-order chi connectivity index (χ0) is 14.0. The van der Waals surface area contributed by atoms with Crippen LogP contribution in [0, 0.1) is 13.8 Å². The molecule has 1 aromatic carbocycles. The second-order valence-corrected chi connectivity index (χ2v) is 6.12. The Morgan fingerprint density at radius 2 is 1.95 bits per heavy atom. The molecular weight excluding hydrogens is 292 g/mol. The maximum Gasteiger partial charge on any atom is 0.254 e. The highest BCUT2D eigenvalue weighted by molar-refractivity contribution is 7.11. The molecule has 108 valence electrons. The lowest BCUT2D eigenvalue weighted by Gasteiger charge is -2.17. The lowest BCUT2D eigenvalue weighted by Crippen LogP contribution is -2.26. The standard InChI is InChI=1S/C15H18N2OS.ClH/c1-10-4-6-12(16)8-14(10)15(18)17(3)9-13-7-5-11(2)19-13;/h4-8H,9,16H2,1-3H3;1H. The van der Waals surface area contributed by atoms with Crippen molar-refractivity contribution in [2.45, 2.75) is 20.4 Å². The molecule has 0 aliphatic rings. The number of amides is 1. The lowest BCUT2D eigenvalue weighted by molar-refractivity contribution is 0.0786. The van der Waals surface area contributed by atoms with Crippen molar-refractivity contribution in [2.24, 2.45) is 0 Å². The van der Waals surface area contributed by atoms with Crippen LogP contribution in [-0.4, -0.2) is 17.9 Å². The summed E-state index contributed by atoms with van der Waals surface area (Å²) in [7, 11) is 1.82. The second-order valence-electron chi connectivity index (χ2n) is 4.75. The molecule has 2 aromatic rings. The van der Waals surface area contributed by atoms with E-state index in [9.17, 15) is 4.79 Å². The van der Waals surface area contributed by atoms with Gasteiger partial charge in [0.25, 0.3) is 5.91 Å². The molecule has 0 atom stereocenters. The van der Waals surface area contributed by atoms with E-state index in [-0.39, 0.29) is 18.3 Å². The minimum absolute atomic E-state index is 0. The fourth-order valence-corrected chi connectivity index (χ4v) is 2.90. The van der Waals surface area contributed by atoms with Crippen LogP contribution in [0.15, 0.2) is 30.3 Å². The van der Waals surface area contributed by atoms with Gasteiger partial charge in [-0.1, -0.05) is 6.07 Å². The Bertz CT molecular complexity index is 610. The normalized spacial score (nSPS) is 9.95. The molecule has 0 fully saturated rings. The van der Waals surface area contributed by atoms with Crippen molar-refractivity contribution in [3.05, 3.63) is 51.2 Å². The van der Waals surface area contributed by atoms with Crippen molar-refractivity contribution < 1.29 is 4.79 Å². The third-order valence-corrected chi connectivity index (χ3v) is 4.01. The largest absolute Gasteiger partial charge is 0.399 e. The van der Waals surface area contributed by atoms with Gasteiger partial charge in [-0.15, -0.1) is 23.7 Å².